The maximum Gasteiger partial charge on any atom is 0.00721 e. The van der Waals surface area contributed by atoms with Crippen LogP contribution in [0.1, 0.15) is 38.5 Å². The van der Waals surface area contributed by atoms with Crippen molar-refractivity contribution in [3.8, 4) is 0 Å². The molecule has 0 N–H and O–H groups in total. The highest BCUT2D eigenvalue weighted by Gasteiger charge is 2.29. The Hall–Kier alpha value is -0.0800. The Balaban J connectivity index is 1.94. The Kier molecular flexibility index (Phi) is 5.30. The zero-order chi connectivity index (χ0) is 12.0. The van der Waals surface area contributed by atoms with E-state index in [0.29, 0.717) is 5.41 Å². The highest BCUT2D eigenvalue weighted by Crippen LogP contribution is 2.40. The van der Waals surface area contributed by atoms with Gasteiger partial charge < -0.3 is 0 Å². The molecule has 0 amide bonds. The molecular formula is C15H22S2. The zero-order valence-electron chi connectivity index (χ0n) is 10.4. The molecule has 1 aliphatic rings. The highest BCUT2D eigenvalue weighted by molar-refractivity contribution is 7.99. The molecule has 0 spiro atoms. The van der Waals surface area contributed by atoms with Gasteiger partial charge >= 0.3 is 0 Å². The number of thiol groups is 1. The summed E-state index contributed by atoms with van der Waals surface area (Å²) in [7, 11) is 0. The van der Waals surface area contributed by atoms with Crippen LogP contribution in [0, 0.1) is 5.41 Å². The number of rotatable bonds is 4. The van der Waals surface area contributed by atoms with Crippen molar-refractivity contribution in [3.05, 3.63) is 30.3 Å². The second-order valence-electron chi connectivity index (χ2n) is 5.17. The standard InChI is InChI=1S/C15H22S2/c16-12-15(10-6-1-2-7-11-15)13-17-14-8-4-3-5-9-14/h3-5,8-9,16H,1-2,6-7,10-13H2. The minimum absolute atomic E-state index is 0.486. The lowest BCUT2D eigenvalue weighted by molar-refractivity contribution is 0.332. The predicted molar refractivity (Wildman–Crippen MR) is 81.2 cm³/mol. The Morgan fingerprint density at radius 1 is 1.00 bits per heavy atom. The van der Waals surface area contributed by atoms with E-state index in [9.17, 15) is 0 Å². The second-order valence-corrected chi connectivity index (χ2v) is 6.54. The minimum Gasteiger partial charge on any atom is -0.179 e. The van der Waals surface area contributed by atoms with Crippen LogP contribution >= 0.6 is 24.4 Å². The molecule has 2 rings (SSSR count). The summed E-state index contributed by atoms with van der Waals surface area (Å²) in [6.45, 7) is 0. The second kappa shape index (κ2) is 6.75. The summed E-state index contributed by atoms with van der Waals surface area (Å²) < 4.78 is 0. The molecule has 0 bridgehead atoms. The van der Waals surface area contributed by atoms with E-state index in [4.69, 9.17) is 0 Å². The van der Waals surface area contributed by atoms with E-state index >= 15 is 0 Å². The maximum atomic E-state index is 4.63. The Bertz CT molecular complexity index is 313. The monoisotopic (exact) mass is 266 g/mol. The normalized spacial score (nSPS) is 19.8. The van der Waals surface area contributed by atoms with Gasteiger partial charge in [-0.25, -0.2) is 0 Å². The fraction of sp³-hybridized carbons (Fsp3) is 0.600. The summed E-state index contributed by atoms with van der Waals surface area (Å²) >= 11 is 6.64. The molecule has 0 radical (unpaired) electrons. The van der Waals surface area contributed by atoms with Crippen molar-refractivity contribution < 1.29 is 0 Å². The van der Waals surface area contributed by atoms with Gasteiger partial charge in [-0.2, -0.15) is 12.6 Å². The number of benzene rings is 1. The molecule has 1 aromatic carbocycles. The molecule has 1 saturated carbocycles. The molecule has 0 saturated heterocycles. The molecule has 94 valence electrons. The van der Waals surface area contributed by atoms with E-state index in [1.54, 1.807) is 0 Å². The third-order valence-electron chi connectivity index (χ3n) is 3.79. The van der Waals surface area contributed by atoms with Crippen molar-refractivity contribution in [2.45, 2.75) is 43.4 Å². The van der Waals surface area contributed by atoms with Crippen molar-refractivity contribution in [2.24, 2.45) is 5.41 Å². The minimum atomic E-state index is 0.486. The first-order valence-electron chi connectivity index (χ1n) is 6.63. The quantitative estimate of drug-likeness (QED) is 0.452. The van der Waals surface area contributed by atoms with E-state index in [-0.39, 0.29) is 0 Å². The average Bonchev–Trinajstić information content (AvgIpc) is 2.64. The Morgan fingerprint density at radius 2 is 1.65 bits per heavy atom. The van der Waals surface area contributed by atoms with E-state index < -0.39 is 0 Å². The summed E-state index contributed by atoms with van der Waals surface area (Å²) in [6.07, 6.45) is 8.38. The van der Waals surface area contributed by atoms with Crippen LogP contribution in [0.15, 0.2) is 35.2 Å². The van der Waals surface area contributed by atoms with E-state index in [2.05, 4.69) is 43.0 Å². The predicted octanol–water partition coefficient (Wildman–Crippen LogP) is 5.05. The van der Waals surface area contributed by atoms with Crippen LogP contribution in [0.4, 0.5) is 0 Å². The molecule has 0 aliphatic heterocycles. The van der Waals surface area contributed by atoms with Crippen LogP contribution in [0.2, 0.25) is 0 Å². The number of hydrogen-bond acceptors (Lipinski definition) is 2. The zero-order valence-corrected chi connectivity index (χ0v) is 12.1. The molecule has 17 heavy (non-hydrogen) atoms. The number of thioether (sulfide) groups is 1. The number of hydrogen-bond donors (Lipinski definition) is 1. The molecule has 0 aromatic heterocycles. The van der Waals surface area contributed by atoms with Gasteiger partial charge in [0.15, 0.2) is 0 Å². The largest absolute Gasteiger partial charge is 0.179 e. The molecule has 2 heteroatoms. The third kappa shape index (κ3) is 3.96. The van der Waals surface area contributed by atoms with Crippen LogP contribution in [0.3, 0.4) is 0 Å². The molecule has 0 unspecified atom stereocenters. The van der Waals surface area contributed by atoms with Gasteiger partial charge in [-0.1, -0.05) is 43.9 Å². The molecule has 0 atom stereocenters. The smallest absolute Gasteiger partial charge is 0.00721 e. The van der Waals surface area contributed by atoms with Crippen molar-refractivity contribution in [1.29, 1.82) is 0 Å². The van der Waals surface area contributed by atoms with Gasteiger partial charge in [-0.15, -0.1) is 11.8 Å². The van der Waals surface area contributed by atoms with Crippen molar-refractivity contribution >= 4 is 24.4 Å². The molecule has 1 fully saturated rings. The lowest BCUT2D eigenvalue weighted by Gasteiger charge is -2.30. The summed E-state index contributed by atoms with van der Waals surface area (Å²) in [5.74, 6) is 2.29. The van der Waals surface area contributed by atoms with Gasteiger partial charge in [0.2, 0.25) is 0 Å². The molecule has 0 nitrogen and oxygen atoms in total. The lowest BCUT2D eigenvalue weighted by atomic mass is 9.84. The van der Waals surface area contributed by atoms with Gasteiger partial charge in [-0.3, -0.25) is 0 Å². The molecule has 1 aromatic rings. The Labute approximate surface area is 115 Å². The third-order valence-corrected chi connectivity index (χ3v) is 5.82. The molecule has 0 heterocycles. The van der Waals surface area contributed by atoms with Crippen LogP contribution < -0.4 is 0 Å². The van der Waals surface area contributed by atoms with Gasteiger partial charge in [0.05, 0.1) is 0 Å². The van der Waals surface area contributed by atoms with Crippen LogP contribution in [0.25, 0.3) is 0 Å². The fourth-order valence-corrected chi connectivity index (χ4v) is 4.37. The van der Waals surface area contributed by atoms with Gasteiger partial charge in [0.25, 0.3) is 0 Å². The van der Waals surface area contributed by atoms with Gasteiger partial charge in [-0.05, 0) is 36.1 Å². The van der Waals surface area contributed by atoms with Gasteiger partial charge in [0, 0.05) is 10.6 Å². The summed E-state index contributed by atoms with van der Waals surface area (Å²) in [6, 6.07) is 10.8. The van der Waals surface area contributed by atoms with E-state index in [1.165, 1.54) is 49.2 Å². The first-order chi connectivity index (χ1) is 8.35. The van der Waals surface area contributed by atoms with Crippen molar-refractivity contribution in [1.82, 2.24) is 0 Å². The topological polar surface area (TPSA) is 0 Å². The summed E-state index contributed by atoms with van der Waals surface area (Å²) in [5.41, 5.74) is 0.486. The first kappa shape index (κ1) is 13.4. The van der Waals surface area contributed by atoms with E-state index in [1.807, 2.05) is 11.8 Å². The van der Waals surface area contributed by atoms with Crippen LogP contribution in [-0.2, 0) is 0 Å². The Morgan fingerprint density at radius 3 is 2.24 bits per heavy atom. The fourth-order valence-electron chi connectivity index (χ4n) is 2.58. The molecular weight excluding hydrogens is 244 g/mol. The highest BCUT2D eigenvalue weighted by atomic mass is 32.2. The maximum absolute atomic E-state index is 4.63. The SMILES string of the molecule is SCC1(CSc2ccccc2)CCCCCC1. The van der Waals surface area contributed by atoms with Crippen molar-refractivity contribution in [2.75, 3.05) is 11.5 Å². The van der Waals surface area contributed by atoms with Crippen molar-refractivity contribution in [3.63, 3.8) is 0 Å². The lowest BCUT2D eigenvalue weighted by Crippen LogP contribution is -2.25. The first-order valence-corrected chi connectivity index (χ1v) is 8.25. The van der Waals surface area contributed by atoms with Gasteiger partial charge in [0.1, 0.15) is 0 Å². The van der Waals surface area contributed by atoms with Crippen LogP contribution in [0.5, 0.6) is 0 Å². The summed E-state index contributed by atoms with van der Waals surface area (Å²) in [5, 5.41) is 0. The summed E-state index contributed by atoms with van der Waals surface area (Å²) in [4.78, 5) is 1.40. The molecule has 1 aliphatic carbocycles. The van der Waals surface area contributed by atoms with E-state index in [0.717, 1.165) is 5.75 Å². The average molecular weight is 266 g/mol. The van der Waals surface area contributed by atoms with Crippen LogP contribution in [-0.4, -0.2) is 11.5 Å².